The van der Waals surface area contributed by atoms with Gasteiger partial charge < -0.3 is 9.72 Å². The summed E-state index contributed by atoms with van der Waals surface area (Å²) < 4.78 is 31.0. The van der Waals surface area contributed by atoms with Crippen LogP contribution in [0.1, 0.15) is 18.9 Å². The molecule has 1 aromatic heterocycles. The number of pyridine rings is 1. The highest BCUT2D eigenvalue weighted by Gasteiger charge is 2.17. The fourth-order valence-electron chi connectivity index (χ4n) is 1.54. The maximum Gasteiger partial charge on any atom is 0.249 e. The second-order valence-electron chi connectivity index (χ2n) is 4.09. The van der Waals surface area contributed by atoms with Gasteiger partial charge in [0, 0.05) is 13.2 Å². The molecule has 0 spiro atoms. The van der Waals surface area contributed by atoms with Crippen LogP contribution in [-0.4, -0.2) is 32.4 Å². The van der Waals surface area contributed by atoms with Crippen molar-refractivity contribution in [3.63, 3.8) is 0 Å². The van der Waals surface area contributed by atoms with Crippen LogP contribution in [0.4, 0.5) is 5.82 Å². The van der Waals surface area contributed by atoms with Gasteiger partial charge in [0.1, 0.15) is 5.82 Å². The minimum Gasteiger partial charge on any atom is -0.380 e. The SMILES string of the molecule is CCC(CS(=O)(=O)Nc1cc(C)cc(=O)[nH]1)OC. The number of aromatic amines is 1. The first-order chi connectivity index (χ1) is 8.36. The van der Waals surface area contributed by atoms with Gasteiger partial charge in [0.05, 0.1) is 11.9 Å². The van der Waals surface area contributed by atoms with Crippen molar-refractivity contribution in [3.8, 4) is 0 Å². The van der Waals surface area contributed by atoms with Gasteiger partial charge in [0.15, 0.2) is 0 Å². The topological polar surface area (TPSA) is 88.3 Å². The smallest absolute Gasteiger partial charge is 0.249 e. The zero-order valence-electron chi connectivity index (χ0n) is 10.7. The molecule has 18 heavy (non-hydrogen) atoms. The Balaban J connectivity index is 2.85. The predicted octanol–water partition coefficient (Wildman–Crippen LogP) is 0.850. The summed E-state index contributed by atoms with van der Waals surface area (Å²) in [7, 11) is -2.07. The van der Waals surface area contributed by atoms with Crippen molar-refractivity contribution in [2.45, 2.75) is 26.4 Å². The monoisotopic (exact) mass is 274 g/mol. The van der Waals surface area contributed by atoms with E-state index < -0.39 is 10.0 Å². The van der Waals surface area contributed by atoms with Gasteiger partial charge in [-0.1, -0.05) is 6.92 Å². The van der Waals surface area contributed by atoms with E-state index in [0.717, 1.165) is 0 Å². The van der Waals surface area contributed by atoms with E-state index in [4.69, 9.17) is 4.74 Å². The molecule has 0 radical (unpaired) electrons. The Kier molecular flexibility index (Phi) is 4.92. The minimum absolute atomic E-state index is 0.143. The van der Waals surface area contributed by atoms with Gasteiger partial charge in [0.2, 0.25) is 15.6 Å². The largest absolute Gasteiger partial charge is 0.380 e. The Morgan fingerprint density at radius 1 is 1.44 bits per heavy atom. The normalized spacial score (nSPS) is 13.3. The third-order valence-electron chi connectivity index (χ3n) is 2.45. The molecule has 0 saturated carbocycles. The highest BCUT2D eigenvalue weighted by molar-refractivity contribution is 7.92. The Hall–Kier alpha value is -1.34. The molecular weight excluding hydrogens is 256 g/mol. The van der Waals surface area contributed by atoms with E-state index in [1.54, 1.807) is 13.0 Å². The molecule has 0 aliphatic rings. The van der Waals surface area contributed by atoms with Gasteiger partial charge in [-0.15, -0.1) is 0 Å². The van der Waals surface area contributed by atoms with Crippen LogP contribution in [0.3, 0.4) is 0 Å². The molecule has 102 valence electrons. The zero-order valence-corrected chi connectivity index (χ0v) is 11.5. The summed E-state index contributed by atoms with van der Waals surface area (Å²) >= 11 is 0. The van der Waals surface area contributed by atoms with Crippen LogP contribution in [0.15, 0.2) is 16.9 Å². The van der Waals surface area contributed by atoms with Crippen LogP contribution >= 0.6 is 0 Å². The number of nitrogens with one attached hydrogen (secondary N) is 2. The maximum atomic E-state index is 11.8. The summed E-state index contributed by atoms with van der Waals surface area (Å²) in [4.78, 5) is 13.6. The van der Waals surface area contributed by atoms with Crippen LogP contribution in [0, 0.1) is 6.92 Å². The molecule has 0 fully saturated rings. The minimum atomic E-state index is -3.54. The third-order valence-corrected chi connectivity index (χ3v) is 3.79. The van der Waals surface area contributed by atoms with Gasteiger partial charge in [-0.05, 0) is 25.0 Å². The number of ether oxygens (including phenoxy) is 1. The lowest BCUT2D eigenvalue weighted by Crippen LogP contribution is -2.28. The van der Waals surface area contributed by atoms with Gasteiger partial charge in [0.25, 0.3) is 0 Å². The quantitative estimate of drug-likeness (QED) is 0.805. The number of H-pyrrole nitrogens is 1. The predicted molar refractivity (Wildman–Crippen MR) is 70.3 cm³/mol. The molecule has 0 aromatic carbocycles. The molecule has 0 amide bonds. The number of sulfonamides is 1. The summed E-state index contributed by atoms with van der Waals surface area (Å²) in [6.07, 6.45) is 0.237. The summed E-state index contributed by atoms with van der Waals surface area (Å²) in [5.74, 6) is 0.0293. The zero-order chi connectivity index (χ0) is 13.8. The first-order valence-corrected chi connectivity index (χ1v) is 7.25. The average molecular weight is 274 g/mol. The molecule has 1 aromatic rings. The van der Waals surface area contributed by atoms with Crippen molar-refractivity contribution in [1.29, 1.82) is 0 Å². The van der Waals surface area contributed by atoms with Gasteiger partial charge in [-0.2, -0.15) is 0 Å². The Labute approximate surface area is 106 Å². The fourth-order valence-corrected chi connectivity index (χ4v) is 2.93. The molecule has 1 heterocycles. The lowest BCUT2D eigenvalue weighted by molar-refractivity contribution is 0.117. The van der Waals surface area contributed by atoms with Crippen LogP contribution in [0.5, 0.6) is 0 Å². The van der Waals surface area contributed by atoms with E-state index in [9.17, 15) is 13.2 Å². The molecule has 0 bridgehead atoms. The summed E-state index contributed by atoms with van der Waals surface area (Å²) in [6.45, 7) is 3.56. The third kappa shape index (κ3) is 4.50. The molecule has 7 heteroatoms. The molecule has 1 rings (SSSR count). The Morgan fingerprint density at radius 2 is 2.11 bits per heavy atom. The number of aryl methyl sites for hydroxylation is 1. The molecule has 1 unspecified atom stereocenters. The van der Waals surface area contributed by atoms with E-state index in [1.165, 1.54) is 13.2 Å². The van der Waals surface area contributed by atoms with E-state index in [0.29, 0.717) is 12.0 Å². The van der Waals surface area contributed by atoms with Crippen molar-refractivity contribution >= 4 is 15.8 Å². The number of rotatable bonds is 6. The molecule has 1 atom stereocenters. The van der Waals surface area contributed by atoms with Crippen molar-refractivity contribution in [3.05, 3.63) is 28.0 Å². The van der Waals surface area contributed by atoms with Crippen molar-refractivity contribution in [1.82, 2.24) is 4.98 Å². The van der Waals surface area contributed by atoms with E-state index in [-0.39, 0.29) is 23.2 Å². The van der Waals surface area contributed by atoms with Crippen LogP contribution < -0.4 is 10.3 Å². The lowest BCUT2D eigenvalue weighted by Gasteiger charge is -2.14. The van der Waals surface area contributed by atoms with Crippen molar-refractivity contribution in [2.24, 2.45) is 0 Å². The van der Waals surface area contributed by atoms with E-state index in [1.807, 2.05) is 6.92 Å². The van der Waals surface area contributed by atoms with Crippen LogP contribution in [0.2, 0.25) is 0 Å². The first-order valence-electron chi connectivity index (χ1n) is 5.60. The van der Waals surface area contributed by atoms with Gasteiger partial charge in [-0.3, -0.25) is 9.52 Å². The molecule has 2 N–H and O–H groups in total. The van der Waals surface area contributed by atoms with Crippen molar-refractivity contribution < 1.29 is 13.2 Å². The number of anilines is 1. The standard InChI is InChI=1S/C11H18N2O4S/c1-4-9(17-3)7-18(15,16)13-10-5-8(2)6-11(14)12-10/h5-6,9H,4,7H2,1-3H3,(H2,12,13,14). The van der Waals surface area contributed by atoms with Crippen molar-refractivity contribution in [2.75, 3.05) is 17.6 Å². The highest BCUT2D eigenvalue weighted by Crippen LogP contribution is 2.08. The fraction of sp³-hybridized carbons (Fsp3) is 0.545. The van der Waals surface area contributed by atoms with E-state index in [2.05, 4.69) is 9.71 Å². The number of aromatic nitrogens is 1. The average Bonchev–Trinajstić information content (AvgIpc) is 2.23. The summed E-state index contributed by atoms with van der Waals surface area (Å²) in [5.41, 5.74) is 0.349. The highest BCUT2D eigenvalue weighted by atomic mass is 32.2. The molecule has 0 saturated heterocycles. The summed E-state index contributed by atoms with van der Waals surface area (Å²) in [6, 6.07) is 2.95. The van der Waals surface area contributed by atoms with Gasteiger partial charge >= 0.3 is 0 Å². The second kappa shape index (κ2) is 6.01. The number of hydrogen-bond donors (Lipinski definition) is 2. The molecule has 0 aliphatic heterocycles. The number of hydrogen-bond acceptors (Lipinski definition) is 4. The first kappa shape index (κ1) is 14.7. The lowest BCUT2D eigenvalue weighted by atomic mass is 10.3. The van der Waals surface area contributed by atoms with Crippen LogP contribution in [-0.2, 0) is 14.8 Å². The van der Waals surface area contributed by atoms with E-state index >= 15 is 0 Å². The molecule has 6 nitrogen and oxygen atoms in total. The summed E-state index contributed by atoms with van der Waals surface area (Å²) in [5, 5.41) is 0. The Bertz CT molecular complexity index is 546. The van der Waals surface area contributed by atoms with Crippen LogP contribution in [0.25, 0.3) is 0 Å². The van der Waals surface area contributed by atoms with Gasteiger partial charge in [-0.25, -0.2) is 8.42 Å². The molecular formula is C11H18N2O4S. The number of methoxy groups -OCH3 is 1. The second-order valence-corrected chi connectivity index (χ2v) is 5.85. The maximum absolute atomic E-state index is 11.8. The molecule has 0 aliphatic carbocycles. The Morgan fingerprint density at radius 3 is 2.61 bits per heavy atom.